The van der Waals surface area contributed by atoms with E-state index in [0.717, 1.165) is 18.4 Å². The minimum atomic E-state index is -0.580. The second-order valence-electron chi connectivity index (χ2n) is 7.63. The lowest BCUT2D eigenvalue weighted by Gasteiger charge is -2.41. The second-order valence-corrected chi connectivity index (χ2v) is 7.63. The molecule has 3 N–H and O–H groups in total. The molecular formula is C19H28N4O2. The molecule has 6 heteroatoms. The molecule has 1 saturated heterocycles. The molecule has 0 bridgehead atoms. The van der Waals surface area contributed by atoms with E-state index in [9.17, 15) is 9.59 Å². The van der Waals surface area contributed by atoms with Gasteiger partial charge >= 0.3 is 11.8 Å². The lowest BCUT2D eigenvalue weighted by atomic mass is 9.85. The Bertz CT molecular complexity index is 655. The van der Waals surface area contributed by atoms with Crippen LogP contribution in [0.25, 0.3) is 0 Å². The van der Waals surface area contributed by atoms with Crippen molar-refractivity contribution < 1.29 is 9.59 Å². The van der Waals surface area contributed by atoms with Gasteiger partial charge in [-0.15, -0.1) is 0 Å². The van der Waals surface area contributed by atoms with E-state index in [4.69, 9.17) is 5.73 Å². The zero-order valence-corrected chi connectivity index (χ0v) is 15.1. The number of nitrogens with zero attached hydrogens (tertiary/aromatic N) is 2. The van der Waals surface area contributed by atoms with Crippen LogP contribution in [0.3, 0.4) is 0 Å². The van der Waals surface area contributed by atoms with Crippen molar-refractivity contribution in [3.05, 3.63) is 17.8 Å². The SMILES string of the molecule is Cc1cc(NC(=O)C(=O)N2C[C@@H](C)CC[C@@H]2C2CCCC2)cnc1N. The number of nitrogens with one attached hydrogen (secondary N) is 1. The first kappa shape index (κ1) is 17.7. The molecule has 3 rings (SSSR count). The van der Waals surface area contributed by atoms with Crippen LogP contribution in [0.4, 0.5) is 11.5 Å². The van der Waals surface area contributed by atoms with E-state index in [1.165, 1.54) is 31.9 Å². The van der Waals surface area contributed by atoms with E-state index in [1.54, 1.807) is 6.07 Å². The highest BCUT2D eigenvalue weighted by molar-refractivity contribution is 6.39. The third kappa shape index (κ3) is 3.94. The molecule has 1 aromatic rings. The largest absolute Gasteiger partial charge is 0.383 e. The number of hydrogen-bond donors (Lipinski definition) is 2. The summed E-state index contributed by atoms with van der Waals surface area (Å²) in [7, 11) is 0. The summed E-state index contributed by atoms with van der Waals surface area (Å²) in [4.78, 5) is 31.2. The molecule has 0 spiro atoms. The van der Waals surface area contributed by atoms with E-state index in [1.807, 2.05) is 11.8 Å². The van der Waals surface area contributed by atoms with Crippen molar-refractivity contribution in [3.8, 4) is 0 Å². The molecule has 2 amide bonds. The number of amides is 2. The first-order chi connectivity index (χ1) is 12.0. The summed E-state index contributed by atoms with van der Waals surface area (Å²) in [5.74, 6) is 0.413. The normalized spacial score (nSPS) is 24.3. The molecule has 2 heterocycles. The molecule has 1 aliphatic heterocycles. The summed E-state index contributed by atoms with van der Waals surface area (Å²) in [6.07, 6.45) is 8.45. The first-order valence-electron chi connectivity index (χ1n) is 9.29. The molecular weight excluding hydrogens is 316 g/mol. The Morgan fingerprint density at radius 3 is 2.64 bits per heavy atom. The highest BCUT2D eigenvalue weighted by atomic mass is 16.2. The van der Waals surface area contributed by atoms with Gasteiger partial charge < -0.3 is 16.0 Å². The summed E-state index contributed by atoms with van der Waals surface area (Å²) in [5.41, 5.74) is 6.99. The number of aromatic nitrogens is 1. The van der Waals surface area contributed by atoms with Crippen LogP contribution in [-0.4, -0.2) is 34.3 Å². The van der Waals surface area contributed by atoms with Crippen LogP contribution >= 0.6 is 0 Å². The Labute approximate surface area is 149 Å². The summed E-state index contributed by atoms with van der Waals surface area (Å²) >= 11 is 0. The number of carbonyl (C=O) groups excluding carboxylic acids is 2. The molecule has 6 nitrogen and oxygen atoms in total. The Kier molecular flexibility index (Phi) is 5.25. The van der Waals surface area contributed by atoms with Gasteiger partial charge in [0.25, 0.3) is 0 Å². The van der Waals surface area contributed by atoms with Crippen LogP contribution in [0.15, 0.2) is 12.3 Å². The number of hydrogen-bond acceptors (Lipinski definition) is 4. The molecule has 2 fully saturated rings. The number of rotatable bonds is 2. The van der Waals surface area contributed by atoms with Gasteiger partial charge in [-0.3, -0.25) is 9.59 Å². The quantitative estimate of drug-likeness (QED) is 0.808. The van der Waals surface area contributed by atoms with E-state index < -0.39 is 11.8 Å². The van der Waals surface area contributed by atoms with Gasteiger partial charge in [-0.25, -0.2) is 4.98 Å². The maximum absolute atomic E-state index is 12.8. The average Bonchev–Trinajstić information content (AvgIpc) is 3.11. The number of pyridine rings is 1. The minimum Gasteiger partial charge on any atom is -0.383 e. The Morgan fingerprint density at radius 2 is 1.96 bits per heavy atom. The molecule has 136 valence electrons. The monoisotopic (exact) mass is 344 g/mol. The number of nitrogen functional groups attached to an aromatic ring is 1. The Morgan fingerprint density at radius 1 is 1.24 bits per heavy atom. The molecule has 1 saturated carbocycles. The van der Waals surface area contributed by atoms with Crippen molar-refractivity contribution >= 4 is 23.3 Å². The van der Waals surface area contributed by atoms with Crippen molar-refractivity contribution in [1.29, 1.82) is 0 Å². The number of likely N-dealkylation sites (tertiary alicyclic amines) is 1. The third-order valence-electron chi connectivity index (χ3n) is 5.64. The molecule has 0 radical (unpaired) electrons. The van der Waals surface area contributed by atoms with Gasteiger partial charge in [0.05, 0.1) is 11.9 Å². The van der Waals surface area contributed by atoms with E-state index in [2.05, 4.69) is 17.2 Å². The topological polar surface area (TPSA) is 88.3 Å². The van der Waals surface area contributed by atoms with Crippen molar-refractivity contribution in [1.82, 2.24) is 9.88 Å². The van der Waals surface area contributed by atoms with Crippen LogP contribution in [0.5, 0.6) is 0 Å². The van der Waals surface area contributed by atoms with Gasteiger partial charge in [0, 0.05) is 12.6 Å². The van der Waals surface area contributed by atoms with Crippen LogP contribution in [0.2, 0.25) is 0 Å². The van der Waals surface area contributed by atoms with Gasteiger partial charge in [-0.2, -0.15) is 0 Å². The van der Waals surface area contributed by atoms with Crippen molar-refractivity contribution in [2.24, 2.45) is 11.8 Å². The second kappa shape index (κ2) is 7.42. The highest BCUT2D eigenvalue weighted by Crippen LogP contribution is 2.36. The zero-order valence-electron chi connectivity index (χ0n) is 15.1. The van der Waals surface area contributed by atoms with Crippen LogP contribution < -0.4 is 11.1 Å². The van der Waals surface area contributed by atoms with Crippen molar-refractivity contribution in [2.75, 3.05) is 17.6 Å². The summed E-state index contributed by atoms with van der Waals surface area (Å²) in [5, 5.41) is 2.68. The van der Waals surface area contributed by atoms with Gasteiger partial charge in [0.15, 0.2) is 0 Å². The van der Waals surface area contributed by atoms with E-state index >= 15 is 0 Å². The predicted octanol–water partition coefficient (Wildman–Crippen LogP) is 2.73. The third-order valence-corrected chi connectivity index (χ3v) is 5.64. The standard InChI is InChI=1S/C19H28N4O2/c1-12-7-8-16(14-5-3-4-6-14)23(11-12)19(25)18(24)22-15-9-13(2)17(20)21-10-15/h9-10,12,14,16H,3-8,11H2,1-2H3,(H2,20,21)(H,22,24)/t12-,16+/m0/s1. The molecule has 2 atom stereocenters. The van der Waals surface area contributed by atoms with Crippen LogP contribution in [0.1, 0.15) is 51.0 Å². The highest BCUT2D eigenvalue weighted by Gasteiger charge is 2.38. The summed E-state index contributed by atoms with van der Waals surface area (Å²) < 4.78 is 0. The maximum atomic E-state index is 12.8. The molecule has 0 unspecified atom stereocenters. The molecule has 1 aromatic heterocycles. The average molecular weight is 344 g/mol. The van der Waals surface area contributed by atoms with Gasteiger partial charge in [0.2, 0.25) is 0 Å². The van der Waals surface area contributed by atoms with Crippen LogP contribution in [0, 0.1) is 18.8 Å². The predicted molar refractivity (Wildman–Crippen MR) is 97.9 cm³/mol. The fourth-order valence-electron chi connectivity index (χ4n) is 4.21. The summed E-state index contributed by atoms with van der Waals surface area (Å²) in [6.45, 7) is 4.64. The van der Waals surface area contributed by atoms with Gasteiger partial charge in [-0.1, -0.05) is 19.8 Å². The smallest absolute Gasteiger partial charge is 0.313 e. The molecule has 2 aliphatic rings. The fraction of sp³-hybridized carbons (Fsp3) is 0.632. The van der Waals surface area contributed by atoms with Crippen molar-refractivity contribution in [2.45, 2.75) is 58.4 Å². The number of aryl methyl sites for hydroxylation is 1. The molecule has 0 aromatic carbocycles. The number of piperidine rings is 1. The Hall–Kier alpha value is -2.11. The maximum Gasteiger partial charge on any atom is 0.313 e. The van der Waals surface area contributed by atoms with Gasteiger partial charge in [0.1, 0.15) is 5.82 Å². The zero-order chi connectivity index (χ0) is 18.0. The van der Waals surface area contributed by atoms with Crippen LogP contribution in [-0.2, 0) is 9.59 Å². The minimum absolute atomic E-state index is 0.211. The molecule has 25 heavy (non-hydrogen) atoms. The van der Waals surface area contributed by atoms with Gasteiger partial charge in [-0.05, 0) is 56.1 Å². The lowest BCUT2D eigenvalue weighted by molar-refractivity contribution is -0.147. The molecule has 1 aliphatic carbocycles. The lowest BCUT2D eigenvalue weighted by Crippen LogP contribution is -2.52. The first-order valence-corrected chi connectivity index (χ1v) is 9.29. The van der Waals surface area contributed by atoms with Crippen molar-refractivity contribution in [3.63, 3.8) is 0 Å². The van der Waals surface area contributed by atoms with E-state index in [0.29, 0.717) is 29.9 Å². The number of anilines is 2. The fourth-order valence-corrected chi connectivity index (χ4v) is 4.21. The Balaban J connectivity index is 1.71. The number of carbonyl (C=O) groups is 2. The number of nitrogens with two attached hydrogens (primary N) is 1. The summed E-state index contributed by atoms with van der Waals surface area (Å²) in [6, 6.07) is 1.95. The van der Waals surface area contributed by atoms with E-state index in [-0.39, 0.29) is 6.04 Å².